The van der Waals surface area contributed by atoms with E-state index in [0.29, 0.717) is 12.0 Å². The number of carbonyl (C=O) groups is 2. The van der Waals surface area contributed by atoms with Crippen molar-refractivity contribution in [2.75, 3.05) is 17.2 Å². The van der Waals surface area contributed by atoms with Crippen molar-refractivity contribution in [1.29, 1.82) is 0 Å². The van der Waals surface area contributed by atoms with Crippen LogP contribution >= 0.6 is 0 Å². The third-order valence-corrected chi connectivity index (χ3v) is 4.71. The molecule has 1 saturated carbocycles. The van der Waals surface area contributed by atoms with Gasteiger partial charge in [0, 0.05) is 22.8 Å². The molecule has 5 heteroatoms. The Morgan fingerprint density at radius 2 is 1.80 bits per heavy atom. The first-order valence-electron chi connectivity index (χ1n) is 9.20. The van der Waals surface area contributed by atoms with Gasteiger partial charge in [0.05, 0.1) is 6.54 Å². The molecule has 1 aromatic carbocycles. The van der Waals surface area contributed by atoms with Gasteiger partial charge in [-0.15, -0.1) is 0 Å². The summed E-state index contributed by atoms with van der Waals surface area (Å²) in [5.41, 5.74) is 1.10. The Kier molecular flexibility index (Phi) is 6.45. The quantitative estimate of drug-likeness (QED) is 0.760. The van der Waals surface area contributed by atoms with Crippen LogP contribution in [-0.2, 0) is 9.59 Å². The molecule has 1 fully saturated rings. The van der Waals surface area contributed by atoms with Crippen LogP contribution in [0.1, 0.15) is 53.4 Å². The molecule has 0 aliphatic heterocycles. The molecule has 0 saturated heterocycles. The minimum absolute atomic E-state index is 0.0166. The van der Waals surface area contributed by atoms with E-state index in [1.54, 1.807) is 0 Å². The average Bonchev–Trinajstić information content (AvgIpc) is 2.55. The number of carbonyl (C=O) groups excluding carboxylic acids is 2. The van der Waals surface area contributed by atoms with Crippen LogP contribution in [0.5, 0.6) is 0 Å². The van der Waals surface area contributed by atoms with E-state index < -0.39 is 5.41 Å². The summed E-state index contributed by atoms with van der Waals surface area (Å²) in [7, 11) is 0. The molecule has 0 heterocycles. The first-order chi connectivity index (χ1) is 11.8. The smallest absolute Gasteiger partial charge is 0.239 e. The van der Waals surface area contributed by atoms with Crippen molar-refractivity contribution in [2.24, 2.45) is 11.3 Å². The van der Waals surface area contributed by atoms with E-state index in [4.69, 9.17) is 0 Å². The van der Waals surface area contributed by atoms with Crippen molar-refractivity contribution >= 4 is 23.2 Å². The Morgan fingerprint density at radius 1 is 1.12 bits per heavy atom. The van der Waals surface area contributed by atoms with Gasteiger partial charge in [0.1, 0.15) is 0 Å². The molecule has 0 bridgehead atoms. The van der Waals surface area contributed by atoms with Gasteiger partial charge in [0.15, 0.2) is 0 Å². The summed E-state index contributed by atoms with van der Waals surface area (Å²) < 4.78 is 0. The molecule has 5 nitrogen and oxygen atoms in total. The number of anilines is 2. The minimum atomic E-state index is -0.444. The zero-order valence-corrected chi connectivity index (χ0v) is 15.8. The first kappa shape index (κ1) is 19.3. The van der Waals surface area contributed by atoms with Gasteiger partial charge < -0.3 is 16.0 Å². The zero-order chi connectivity index (χ0) is 18.4. The molecule has 0 aromatic heterocycles. The molecule has 2 rings (SSSR count). The summed E-state index contributed by atoms with van der Waals surface area (Å²) in [5.74, 6) is 0.533. The van der Waals surface area contributed by atoms with E-state index in [9.17, 15) is 9.59 Å². The highest BCUT2D eigenvalue weighted by Crippen LogP contribution is 2.23. The van der Waals surface area contributed by atoms with Crippen molar-refractivity contribution in [2.45, 2.75) is 59.4 Å². The standard InChI is InChI=1S/C20H31N3O2/c1-14-8-5-6-11-17(14)23-18(24)13-21-15-9-7-10-16(12-15)22-19(25)20(2,3)4/h7,9-10,12,14,17,21H,5-6,8,11,13H2,1-4H3,(H,22,25)(H,23,24)/t14-,17-/m1/s1. The maximum Gasteiger partial charge on any atom is 0.239 e. The van der Waals surface area contributed by atoms with E-state index in [1.807, 2.05) is 45.0 Å². The highest BCUT2D eigenvalue weighted by Gasteiger charge is 2.23. The number of hydrogen-bond donors (Lipinski definition) is 3. The van der Waals surface area contributed by atoms with Crippen LogP contribution in [0.25, 0.3) is 0 Å². The Morgan fingerprint density at radius 3 is 2.48 bits per heavy atom. The van der Waals surface area contributed by atoms with Gasteiger partial charge in [0.25, 0.3) is 0 Å². The van der Waals surface area contributed by atoms with Crippen LogP contribution in [0, 0.1) is 11.3 Å². The molecular formula is C20H31N3O2. The summed E-state index contributed by atoms with van der Waals surface area (Å²) in [5, 5.41) is 9.17. The summed E-state index contributed by atoms with van der Waals surface area (Å²) in [6, 6.07) is 7.74. The zero-order valence-electron chi connectivity index (χ0n) is 15.8. The molecule has 0 spiro atoms. The predicted octanol–water partition coefficient (Wildman–Crippen LogP) is 3.78. The summed E-state index contributed by atoms with van der Waals surface area (Å²) >= 11 is 0. The third-order valence-electron chi connectivity index (χ3n) is 4.71. The Labute approximate surface area is 151 Å². The molecular weight excluding hydrogens is 314 g/mol. The summed E-state index contributed by atoms with van der Waals surface area (Å²) in [4.78, 5) is 24.2. The van der Waals surface area contributed by atoms with Crippen molar-refractivity contribution in [1.82, 2.24) is 5.32 Å². The van der Waals surface area contributed by atoms with Crippen LogP contribution in [0.3, 0.4) is 0 Å². The molecule has 0 unspecified atom stereocenters. The average molecular weight is 345 g/mol. The van der Waals surface area contributed by atoms with Crippen molar-refractivity contribution < 1.29 is 9.59 Å². The summed E-state index contributed by atoms with van der Waals surface area (Å²) in [6.45, 7) is 8.07. The van der Waals surface area contributed by atoms with Crippen LogP contribution in [-0.4, -0.2) is 24.4 Å². The van der Waals surface area contributed by atoms with E-state index in [2.05, 4.69) is 22.9 Å². The van der Waals surface area contributed by atoms with Crippen molar-refractivity contribution in [3.8, 4) is 0 Å². The first-order valence-corrected chi connectivity index (χ1v) is 9.20. The van der Waals surface area contributed by atoms with Crippen LogP contribution in [0.2, 0.25) is 0 Å². The van der Waals surface area contributed by atoms with Gasteiger partial charge in [-0.3, -0.25) is 9.59 Å². The molecule has 25 heavy (non-hydrogen) atoms. The Balaban J connectivity index is 1.85. The number of nitrogens with one attached hydrogen (secondary N) is 3. The fraction of sp³-hybridized carbons (Fsp3) is 0.600. The Hall–Kier alpha value is -2.04. The Bertz CT molecular complexity index is 607. The fourth-order valence-corrected chi connectivity index (χ4v) is 3.00. The lowest BCUT2D eigenvalue weighted by Crippen LogP contribution is -2.43. The van der Waals surface area contributed by atoms with Crippen LogP contribution in [0.4, 0.5) is 11.4 Å². The van der Waals surface area contributed by atoms with Gasteiger partial charge in [-0.1, -0.05) is 46.6 Å². The second-order valence-corrected chi connectivity index (χ2v) is 8.07. The largest absolute Gasteiger partial charge is 0.376 e. The van der Waals surface area contributed by atoms with Crippen LogP contribution in [0.15, 0.2) is 24.3 Å². The van der Waals surface area contributed by atoms with Crippen molar-refractivity contribution in [3.05, 3.63) is 24.3 Å². The molecule has 1 aromatic rings. The van der Waals surface area contributed by atoms with Crippen molar-refractivity contribution in [3.63, 3.8) is 0 Å². The highest BCUT2D eigenvalue weighted by molar-refractivity contribution is 5.95. The highest BCUT2D eigenvalue weighted by atomic mass is 16.2. The number of benzene rings is 1. The maximum atomic E-state index is 12.2. The fourth-order valence-electron chi connectivity index (χ4n) is 3.00. The van der Waals surface area contributed by atoms with E-state index >= 15 is 0 Å². The molecule has 2 amide bonds. The van der Waals surface area contributed by atoms with Gasteiger partial charge in [-0.2, -0.15) is 0 Å². The SMILES string of the molecule is C[C@@H]1CCCC[C@H]1NC(=O)CNc1cccc(NC(=O)C(C)(C)C)c1. The molecule has 138 valence electrons. The lowest BCUT2D eigenvalue weighted by Gasteiger charge is -2.29. The summed E-state index contributed by atoms with van der Waals surface area (Å²) in [6.07, 6.45) is 4.71. The van der Waals surface area contributed by atoms with Gasteiger partial charge >= 0.3 is 0 Å². The van der Waals surface area contributed by atoms with Gasteiger partial charge in [-0.25, -0.2) is 0 Å². The normalized spacial score (nSPS) is 20.6. The van der Waals surface area contributed by atoms with E-state index in [0.717, 1.165) is 17.8 Å². The number of hydrogen-bond acceptors (Lipinski definition) is 3. The van der Waals surface area contributed by atoms with Gasteiger partial charge in [-0.05, 0) is 37.0 Å². The third kappa shape index (κ3) is 6.07. The minimum Gasteiger partial charge on any atom is -0.376 e. The monoisotopic (exact) mass is 345 g/mol. The molecule has 1 aliphatic carbocycles. The topological polar surface area (TPSA) is 70.2 Å². The van der Waals surface area contributed by atoms with Crippen LogP contribution < -0.4 is 16.0 Å². The molecule has 0 radical (unpaired) electrons. The molecule has 1 aliphatic rings. The number of rotatable bonds is 5. The van der Waals surface area contributed by atoms with E-state index in [-0.39, 0.29) is 18.4 Å². The molecule has 2 atom stereocenters. The second-order valence-electron chi connectivity index (χ2n) is 8.07. The van der Waals surface area contributed by atoms with Gasteiger partial charge in [0.2, 0.25) is 11.8 Å². The number of amides is 2. The second kappa shape index (κ2) is 8.37. The predicted molar refractivity (Wildman–Crippen MR) is 103 cm³/mol. The van der Waals surface area contributed by atoms with E-state index in [1.165, 1.54) is 19.3 Å². The maximum absolute atomic E-state index is 12.2. The lowest BCUT2D eigenvalue weighted by atomic mass is 9.86. The lowest BCUT2D eigenvalue weighted by molar-refractivity contribution is -0.123. The molecule has 3 N–H and O–H groups in total.